The van der Waals surface area contributed by atoms with Crippen LogP contribution in [-0.2, 0) is 4.74 Å². The van der Waals surface area contributed by atoms with Crippen molar-refractivity contribution in [3.63, 3.8) is 0 Å². The number of aromatic nitrogens is 4. The number of hydrogen-bond acceptors (Lipinski definition) is 8. The summed E-state index contributed by atoms with van der Waals surface area (Å²) in [7, 11) is 0. The van der Waals surface area contributed by atoms with Gasteiger partial charge in [0.15, 0.2) is 17.5 Å². The van der Waals surface area contributed by atoms with E-state index in [4.69, 9.17) is 9.47 Å². The van der Waals surface area contributed by atoms with Crippen LogP contribution in [0.5, 0.6) is 5.75 Å². The minimum Gasteiger partial charge on any atom is -0.485 e. The summed E-state index contributed by atoms with van der Waals surface area (Å²) in [5.74, 6) is 1.55. The number of anilines is 3. The zero-order chi connectivity index (χ0) is 21.9. The maximum absolute atomic E-state index is 13.9. The number of nitrogens with one attached hydrogen (secondary N) is 1. The molecular weight excluding hydrogens is 417 g/mol. The van der Waals surface area contributed by atoms with Crippen molar-refractivity contribution >= 4 is 23.5 Å². The van der Waals surface area contributed by atoms with Crippen LogP contribution in [0.4, 0.5) is 26.6 Å². The highest BCUT2D eigenvalue weighted by Crippen LogP contribution is 2.40. The van der Waals surface area contributed by atoms with Gasteiger partial charge in [0.05, 0.1) is 19.8 Å². The number of hydrogen-bond donors (Lipinski definition) is 1. The number of morpholine rings is 1. The Morgan fingerprint density at radius 3 is 2.69 bits per heavy atom. The first-order chi connectivity index (χ1) is 15.7. The van der Waals surface area contributed by atoms with Gasteiger partial charge >= 0.3 is 6.03 Å². The maximum atomic E-state index is 13.9. The average Bonchev–Trinajstić information content (AvgIpc) is 2.84. The van der Waals surface area contributed by atoms with Crippen molar-refractivity contribution in [3.05, 3.63) is 48.7 Å². The van der Waals surface area contributed by atoms with E-state index in [0.717, 1.165) is 0 Å². The molecule has 0 aliphatic carbocycles. The molecule has 1 fully saturated rings. The molecule has 0 bridgehead atoms. The first-order valence-corrected chi connectivity index (χ1v) is 10.2. The van der Waals surface area contributed by atoms with Crippen molar-refractivity contribution in [1.29, 1.82) is 0 Å². The van der Waals surface area contributed by atoms with Crippen molar-refractivity contribution in [2.45, 2.75) is 0 Å². The summed E-state index contributed by atoms with van der Waals surface area (Å²) in [5.41, 5.74) is 0.504. The first kappa shape index (κ1) is 20.1. The Bertz CT molecular complexity index is 1130. The molecule has 4 heterocycles. The highest BCUT2D eigenvalue weighted by atomic mass is 19.1. The van der Waals surface area contributed by atoms with Gasteiger partial charge in [0.1, 0.15) is 24.6 Å². The third-order valence-corrected chi connectivity index (χ3v) is 5.10. The van der Waals surface area contributed by atoms with Crippen LogP contribution in [-0.4, -0.2) is 65.4 Å². The van der Waals surface area contributed by atoms with Gasteiger partial charge in [0.25, 0.3) is 0 Å². The number of carbonyl (C=O) groups is 1. The summed E-state index contributed by atoms with van der Waals surface area (Å²) in [4.78, 5) is 33.7. The number of halogens is 1. The van der Waals surface area contributed by atoms with Crippen molar-refractivity contribution in [2.75, 3.05) is 54.6 Å². The second kappa shape index (κ2) is 8.71. The number of urea groups is 1. The van der Waals surface area contributed by atoms with Gasteiger partial charge in [-0.3, -0.25) is 10.2 Å². The summed E-state index contributed by atoms with van der Waals surface area (Å²) < 4.78 is 25.3. The standard InChI is InChI=1S/C21H20FN7O3/c22-15-3-1-2-14(12-15)18-26-19(28-6-9-31-10-7-28)17-20(27-18)29(8-11-32-17)21(30)25-16-4-5-23-13-24-16/h1-5,12-13H,6-11H2,(H,23,24,25,30). The van der Waals surface area contributed by atoms with Crippen molar-refractivity contribution < 1.29 is 18.7 Å². The van der Waals surface area contributed by atoms with E-state index in [1.807, 2.05) is 4.90 Å². The molecule has 1 saturated heterocycles. The lowest BCUT2D eigenvalue weighted by Crippen LogP contribution is -2.43. The van der Waals surface area contributed by atoms with Crippen molar-refractivity contribution in [3.8, 4) is 17.1 Å². The lowest BCUT2D eigenvalue weighted by molar-refractivity contribution is 0.122. The Morgan fingerprint density at radius 2 is 1.91 bits per heavy atom. The number of rotatable bonds is 3. The quantitative estimate of drug-likeness (QED) is 0.666. The second-order valence-electron chi connectivity index (χ2n) is 7.16. The number of nitrogens with zero attached hydrogens (tertiary/aromatic N) is 6. The Morgan fingerprint density at radius 1 is 1.06 bits per heavy atom. The van der Waals surface area contributed by atoms with Crippen LogP contribution < -0.4 is 19.9 Å². The molecule has 164 valence electrons. The monoisotopic (exact) mass is 437 g/mol. The summed E-state index contributed by atoms with van der Waals surface area (Å²) >= 11 is 0. The number of ether oxygens (including phenoxy) is 2. The summed E-state index contributed by atoms with van der Waals surface area (Å²) in [6, 6.07) is 7.22. The van der Waals surface area contributed by atoms with Gasteiger partial charge in [-0.15, -0.1) is 0 Å². The van der Waals surface area contributed by atoms with Crippen molar-refractivity contribution in [1.82, 2.24) is 19.9 Å². The SMILES string of the molecule is O=C(Nc1ccncn1)N1CCOc2c(N3CCOCC3)nc(-c3cccc(F)c3)nc21. The van der Waals surface area contributed by atoms with Crippen LogP contribution in [0.3, 0.4) is 0 Å². The molecule has 3 aromatic rings. The van der Waals surface area contributed by atoms with Crippen LogP contribution >= 0.6 is 0 Å². The number of amides is 2. The highest BCUT2D eigenvalue weighted by Gasteiger charge is 2.32. The van der Waals surface area contributed by atoms with Crippen molar-refractivity contribution in [2.24, 2.45) is 0 Å². The molecule has 0 atom stereocenters. The molecule has 0 saturated carbocycles. The molecule has 0 spiro atoms. The Labute approximate surface area is 183 Å². The van der Waals surface area contributed by atoms with Gasteiger partial charge in [-0.25, -0.2) is 29.1 Å². The predicted octanol–water partition coefficient (Wildman–Crippen LogP) is 2.34. The second-order valence-corrected chi connectivity index (χ2v) is 7.16. The van der Waals surface area contributed by atoms with Gasteiger partial charge < -0.3 is 14.4 Å². The summed E-state index contributed by atoms with van der Waals surface area (Å²) in [6.45, 7) is 2.89. The molecule has 1 N–H and O–H groups in total. The number of benzene rings is 1. The van der Waals surface area contributed by atoms with Gasteiger partial charge in [-0.1, -0.05) is 12.1 Å². The molecule has 1 aromatic carbocycles. The molecule has 32 heavy (non-hydrogen) atoms. The molecule has 0 radical (unpaired) electrons. The first-order valence-electron chi connectivity index (χ1n) is 10.2. The summed E-state index contributed by atoms with van der Waals surface area (Å²) in [5, 5.41) is 2.75. The van der Waals surface area contributed by atoms with E-state index in [9.17, 15) is 9.18 Å². The van der Waals surface area contributed by atoms with Crippen LogP contribution in [0, 0.1) is 5.82 Å². The Kier molecular flexibility index (Phi) is 5.46. The molecule has 11 heteroatoms. The van der Waals surface area contributed by atoms with E-state index in [1.165, 1.54) is 29.6 Å². The van der Waals surface area contributed by atoms with E-state index in [-0.39, 0.29) is 13.2 Å². The van der Waals surface area contributed by atoms with Crippen LogP contribution in [0.1, 0.15) is 0 Å². The minimum atomic E-state index is -0.412. The van der Waals surface area contributed by atoms with Crippen LogP contribution in [0.15, 0.2) is 42.9 Å². The fraction of sp³-hybridized carbons (Fsp3) is 0.286. The van der Waals surface area contributed by atoms with Gasteiger partial charge in [0, 0.05) is 24.8 Å². The van der Waals surface area contributed by atoms with Crippen LogP contribution in [0.2, 0.25) is 0 Å². The van der Waals surface area contributed by atoms with Gasteiger partial charge in [-0.05, 0) is 18.2 Å². The molecule has 2 aliphatic heterocycles. The van der Waals surface area contributed by atoms with E-state index >= 15 is 0 Å². The molecular formula is C21H20FN7O3. The fourth-order valence-corrected chi connectivity index (χ4v) is 3.57. The molecule has 10 nitrogen and oxygen atoms in total. The smallest absolute Gasteiger partial charge is 0.328 e. The van der Waals surface area contributed by atoms with E-state index in [2.05, 4.69) is 25.3 Å². The van der Waals surface area contributed by atoms with E-state index in [0.29, 0.717) is 60.9 Å². The highest BCUT2D eigenvalue weighted by molar-refractivity contribution is 6.02. The summed E-state index contributed by atoms with van der Waals surface area (Å²) in [6.07, 6.45) is 2.89. The molecule has 0 unspecified atom stereocenters. The predicted molar refractivity (Wildman–Crippen MR) is 114 cm³/mol. The number of carbonyl (C=O) groups excluding carboxylic acids is 1. The topological polar surface area (TPSA) is 106 Å². The minimum absolute atomic E-state index is 0.282. The van der Waals surface area contributed by atoms with Gasteiger partial charge in [-0.2, -0.15) is 0 Å². The molecule has 2 aromatic heterocycles. The maximum Gasteiger partial charge on any atom is 0.328 e. The lowest BCUT2D eigenvalue weighted by atomic mass is 10.2. The average molecular weight is 437 g/mol. The largest absolute Gasteiger partial charge is 0.485 e. The molecule has 2 aliphatic rings. The van der Waals surface area contributed by atoms with E-state index in [1.54, 1.807) is 18.2 Å². The third-order valence-electron chi connectivity index (χ3n) is 5.10. The zero-order valence-corrected chi connectivity index (χ0v) is 17.1. The molecule has 2 amide bonds. The van der Waals surface area contributed by atoms with E-state index < -0.39 is 11.8 Å². The van der Waals surface area contributed by atoms with Crippen LogP contribution in [0.25, 0.3) is 11.4 Å². The zero-order valence-electron chi connectivity index (χ0n) is 17.1. The number of fused-ring (bicyclic) bond motifs is 1. The normalized spacial score (nSPS) is 15.7. The lowest BCUT2D eigenvalue weighted by Gasteiger charge is -2.34. The van der Waals surface area contributed by atoms with Gasteiger partial charge in [0.2, 0.25) is 5.75 Å². The third kappa shape index (κ3) is 4.02. The fourth-order valence-electron chi connectivity index (χ4n) is 3.57. The Balaban J connectivity index is 1.58. The Hall–Kier alpha value is -3.86. The molecule has 5 rings (SSSR count).